The van der Waals surface area contributed by atoms with Crippen LogP contribution in [0.25, 0.3) is 5.57 Å². The van der Waals surface area contributed by atoms with Gasteiger partial charge < -0.3 is 10.1 Å². The normalized spacial score (nSPS) is 11.6. The highest BCUT2D eigenvalue weighted by atomic mass is 19.1. The Bertz CT molecular complexity index is 1110. The minimum atomic E-state index is -0.281. The number of nitrogens with one attached hydrogen (secondary N) is 1. The Morgan fingerprint density at radius 3 is 2.63 bits per heavy atom. The zero-order valence-electron chi connectivity index (χ0n) is 17.5. The Morgan fingerprint density at radius 2 is 1.93 bits per heavy atom. The summed E-state index contributed by atoms with van der Waals surface area (Å²) in [4.78, 5) is 11.2. The maximum atomic E-state index is 13.3. The first-order valence-electron chi connectivity index (χ1n) is 9.59. The summed E-state index contributed by atoms with van der Waals surface area (Å²) in [6.45, 7) is 7.84. The SMILES string of the molecule is C/C(C=O)=C(/C)c1c(C)cnnc1Nc1ccc(OCc2cccc(F)c2)c(C)c1. The Labute approximate surface area is 175 Å². The van der Waals surface area contributed by atoms with E-state index in [1.807, 2.05) is 45.0 Å². The monoisotopic (exact) mass is 405 g/mol. The Kier molecular flexibility index (Phi) is 6.57. The van der Waals surface area contributed by atoms with Crippen molar-refractivity contribution in [3.8, 4) is 5.75 Å². The summed E-state index contributed by atoms with van der Waals surface area (Å²) in [6.07, 6.45) is 2.52. The number of aldehydes is 1. The number of aromatic nitrogens is 2. The Morgan fingerprint density at radius 1 is 1.13 bits per heavy atom. The summed E-state index contributed by atoms with van der Waals surface area (Å²) in [6, 6.07) is 12.0. The van der Waals surface area contributed by atoms with Crippen molar-refractivity contribution in [1.82, 2.24) is 10.2 Å². The first kappa shape index (κ1) is 21.2. The van der Waals surface area contributed by atoms with Crippen LogP contribution < -0.4 is 10.1 Å². The molecule has 0 bridgehead atoms. The van der Waals surface area contributed by atoms with Gasteiger partial charge >= 0.3 is 0 Å². The van der Waals surface area contributed by atoms with Gasteiger partial charge in [-0.15, -0.1) is 5.10 Å². The molecule has 0 amide bonds. The van der Waals surface area contributed by atoms with Gasteiger partial charge in [-0.25, -0.2) is 4.39 Å². The van der Waals surface area contributed by atoms with Crippen LogP contribution in [0.2, 0.25) is 0 Å². The number of rotatable bonds is 7. The molecule has 1 heterocycles. The molecule has 0 radical (unpaired) electrons. The number of ether oxygens (including phenoxy) is 1. The molecular weight excluding hydrogens is 381 g/mol. The third-order valence-corrected chi connectivity index (χ3v) is 4.90. The molecule has 0 unspecified atom stereocenters. The second-order valence-electron chi connectivity index (χ2n) is 7.20. The number of benzene rings is 2. The number of hydrogen-bond donors (Lipinski definition) is 1. The van der Waals surface area contributed by atoms with Crippen molar-refractivity contribution in [2.45, 2.75) is 34.3 Å². The van der Waals surface area contributed by atoms with Crippen LogP contribution in [-0.4, -0.2) is 16.5 Å². The summed E-state index contributed by atoms with van der Waals surface area (Å²) < 4.78 is 19.2. The number of nitrogens with zero attached hydrogens (tertiary/aromatic N) is 2. The van der Waals surface area contributed by atoms with Gasteiger partial charge in [-0.05, 0) is 85.9 Å². The van der Waals surface area contributed by atoms with Crippen molar-refractivity contribution in [2.75, 3.05) is 5.32 Å². The lowest BCUT2D eigenvalue weighted by atomic mass is 10.00. The van der Waals surface area contributed by atoms with E-state index in [0.29, 0.717) is 17.1 Å². The van der Waals surface area contributed by atoms with Gasteiger partial charge in [0.15, 0.2) is 5.82 Å². The second-order valence-corrected chi connectivity index (χ2v) is 7.20. The zero-order chi connectivity index (χ0) is 21.7. The summed E-state index contributed by atoms with van der Waals surface area (Å²) in [5.41, 5.74) is 5.80. The molecule has 3 aromatic rings. The van der Waals surface area contributed by atoms with Gasteiger partial charge in [-0.1, -0.05) is 12.1 Å². The molecular formula is C24H24FN3O2. The smallest absolute Gasteiger partial charge is 0.160 e. The van der Waals surface area contributed by atoms with E-state index in [1.165, 1.54) is 12.1 Å². The van der Waals surface area contributed by atoms with Crippen LogP contribution in [-0.2, 0) is 11.4 Å². The van der Waals surface area contributed by atoms with Gasteiger partial charge in [0.05, 0.1) is 6.20 Å². The van der Waals surface area contributed by atoms with E-state index < -0.39 is 0 Å². The lowest BCUT2D eigenvalue weighted by Crippen LogP contribution is -2.04. The van der Waals surface area contributed by atoms with Gasteiger partial charge in [-0.3, -0.25) is 4.79 Å². The average molecular weight is 405 g/mol. The standard InChI is InChI=1S/C24H24FN3O2/c1-15-10-21(8-9-22(15)30-14-19-6-5-7-20(25)11-19)27-24-23(16(2)12-26-28-24)18(4)17(3)13-29/h5-13H,14H2,1-4H3,(H,27,28)/b18-17+. The molecule has 1 aromatic heterocycles. The van der Waals surface area contributed by atoms with Gasteiger partial charge in [0.1, 0.15) is 24.5 Å². The lowest BCUT2D eigenvalue weighted by molar-refractivity contribution is -0.104. The molecule has 0 aliphatic rings. The van der Waals surface area contributed by atoms with E-state index in [0.717, 1.165) is 39.8 Å². The molecule has 5 nitrogen and oxygen atoms in total. The Balaban J connectivity index is 1.81. The van der Waals surface area contributed by atoms with E-state index >= 15 is 0 Å². The van der Waals surface area contributed by atoms with Gasteiger partial charge in [0.25, 0.3) is 0 Å². The number of halogens is 1. The molecule has 0 saturated heterocycles. The number of hydrogen-bond acceptors (Lipinski definition) is 5. The second kappa shape index (κ2) is 9.31. The number of anilines is 2. The number of aryl methyl sites for hydroxylation is 2. The molecule has 0 saturated carbocycles. The largest absolute Gasteiger partial charge is 0.489 e. The molecule has 2 aromatic carbocycles. The van der Waals surface area contributed by atoms with Crippen molar-refractivity contribution in [3.05, 3.63) is 82.3 Å². The maximum absolute atomic E-state index is 13.3. The van der Waals surface area contributed by atoms with Crippen LogP contribution in [0, 0.1) is 19.7 Å². The molecule has 3 rings (SSSR count). The van der Waals surface area contributed by atoms with Crippen molar-refractivity contribution in [2.24, 2.45) is 0 Å². The van der Waals surface area contributed by atoms with Crippen molar-refractivity contribution in [1.29, 1.82) is 0 Å². The molecule has 0 fully saturated rings. The summed E-state index contributed by atoms with van der Waals surface area (Å²) in [7, 11) is 0. The van der Waals surface area contributed by atoms with Gasteiger partial charge in [-0.2, -0.15) is 5.10 Å². The predicted octanol–water partition coefficient (Wildman–Crippen LogP) is 5.55. The van der Waals surface area contributed by atoms with E-state index in [-0.39, 0.29) is 12.4 Å². The van der Waals surface area contributed by atoms with Gasteiger partial charge in [0, 0.05) is 11.3 Å². The van der Waals surface area contributed by atoms with E-state index in [4.69, 9.17) is 4.74 Å². The van der Waals surface area contributed by atoms with Crippen LogP contribution in [0.5, 0.6) is 5.75 Å². The molecule has 6 heteroatoms. The minimum absolute atomic E-state index is 0.281. The fourth-order valence-corrected chi connectivity index (χ4v) is 3.13. The quantitative estimate of drug-likeness (QED) is 0.413. The highest BCUT2D eigenvalue weighted by molar-refractivity contribution is 5.90. The molecule has 0 aliphatic heterocycles. The fourth-order valence-electron chi connectivity index (χ4n) is 3.13. The molecule has 0 atom stereocenters. The van der Waals surface area contributed by atoms with Crippen molar-refractivity contribution in [3.63, 3.8) is 0 Å². The van der Waals surface area contributed by atoms with Crippen LogP contribution in [0.1, 0.15) is 36.1 Å². The highest BCUT2D eigenvalue weighted by Gasteiger charge is 2.13. The molecule has 30 heavy (non-hydrogen) atoms. The van der Waals surface area contributed by atoms with E-state index in [2.05, 4.69) is 15.5 Å². The van der Waals surface area contributed by atoms with Gasteiger partial charge in [0.2, 0.25) is 0 Å². The molecule has 1 N–H and O–H groups in total. The first-order chi connectivity index (χ1) is 14.4. The molecule has 0 aliphatic carbocycles. The fraction of sp³-hybridized carbons (Fsp3) is 0.208. The number of carbonyl (C=O) groups is 1. The van der Waals surface area contributed by atoms with E-state index in [9.17, 15) is 9.18 Å². The summed E-state index contributed by atoms with van der Waals surface area (Å²) in [5.74, 6) is 1.02. The number of carbonyl (C=O) groups excluding carboxylic acids is 1. The minimum Gasteiger partial charge on any atom is -0.489 e. The third kappa shape index (κ3) is 4.89. The summed E-state index contributed by atoms with van der Waals surface area (Å²) in [5, 5.41) is 11.6. The summed E-state index contributed by atoms with van der Waals surface area (Å²) >= 11 is 0. The topological polar surface area (TPSA) is 64.1 Å². The Hall–Kier alpha value is -3.54. The highest BCUT2D eigenvalue weighted by Crippen LogP contribution is 2.30. The van der Waals surface area contributed by atoms with Crippen molar-refractivity contribution >= 4 is 23.4 Å². The third-order valence-electron chi connectivity index (χ3n) is 4.90. The molecule has 154 valence electrons. The van der Waals surface area contributed by atoms with Crippen LogP contribution in [0.3, 0.4) is 0 Å². The average Bonchev–Trinajstić information content (AvgIpc) is 2.72. The van der Waals surface area contributed by atoms with Crippen LogP contribution >= 0.6 is 0 Å². The zero-order valence-corrected chi connectivity index (χ0v) is 17.5. The first-order valence-corrected chi connectivity index (χ1v) is 9.59. The maximum Gasteiger partial charge on any atom is 0.160 e. The van der Waals surface area contributed by atoms with Crippen LogP contribution in [0.15, 0.2) is 54.2 Å². The van der Waals surface area contributed by atoms with E-state index in [1.54, 1.807) is 19.2 Å². The van der Waals surface area contributed by atoms with Crippen LogP contribution in [0.4, 0.5) is 15.9 Å². The molecule has 0 spiro atoms. The predicted molar refractivity (Wildman–Crippen MR) is 116 cm³/mol. The lowest BCUT2D eigenvalue weighted by Gasteiger charge is -2.15. The number of allylic oxidation sites excluding steroid dienone is 2. The van der Waals surface area contributed by atoms with Crippen molar-refractivity contribution < 1.29 is 13.9 Å².